The van der Waals surface area contributed by atoms with Gasteiger partial charge in [-0.2, -0.15) is 0 Å². The van der Waals surface area contributed by atoms with Gasteiger partial charge in [0.05, 0.1) is 12.0 Å². The van der Waals surface area contributed by atoms with Crippen molar-refractivity contribution in [3.8, 4) is 0 Å². The topological polar surface area (TPSA) is 38.3 Å². The van der Waals surface area contributed by atoms with E-state index in [9.17, 15) is 26.7 Å². The van der Waals surface area contributed by atoms with Gasteiger partial charge in [-0.15, -0.1) is 11.6 Å². The predicted octanol–water partition coefficient (Wildman–Crippen LogP) is 2.37. The molecule has 0 bridgehead atoms. The highest BCUT2D eigenvalue weighted by molar-refractivity contribution is 6.21. The Kier molecular flexibility index (Phi) is 5.70. The second kappa shape index (κ2) is 6.85. The summed E-state index contributed by atoms with van der Waals surface area (Å²) in [4.78, 5) is 11.5. The van der Waals surface area contributed by atoms with Crippen LogP contribution in [-0.2, 0) is 4.74 Å². The van der Waals surface area contributed by atoms with E-state index in [1.807, 2.05) is 5.32 Å². The molecule has 1 N–H and O–H groups in total. The lowest BCUT2D eigenvalue weighted by molar-refractivity contribution is 0.0937. The summed E-state index contributed by atoms with van der Waals surface area (Å²) in [5.74, 6) is -12.6. The Hall–Kier alpha value is -1.41. The van der Waals surface area contributed by atoms with Crippen molar-refractivity contribution in [3.63, 3.8) is 0 Å². The fraction of sp³-hybridized carbons (Fsp3) is 0.364. The van der Waals surface area contributed by atoms with E-state index in [1.54, 1.807) is 0 Å². The summed E-state index contributed by atoms with van der Waals surface area (Å²) in [6.45, 7) is -0.243. The Balaban J connectivity index is 3.00. The van der Waals surface area contributed by atoms with Gasteiger partial charge in [0.25, 0.3) is 5.91 Å². The molecule has 9 heteroatoms. The Morgan fingerprint density at radius 3 is 2.00 bits per heavy atom. The number of methoxy groups -OCH3 is 1. The number of ether oxygens (including phenoxy) is 1. The first-order valence-corrected chi connectivity index (χ1v) is 5.67. The zero-order chi connectivity index (χ0) is 15.4. The predicted molar refractivity (Wildman–Crippen MR) is 60.1 cm³/mol. The van der Waals surface area contributed by atoms with Crippen LogP contribution in [0.15, 0.2) is 0 Å². The zero-order valence-corrected chi connectivity index (χ0v) is 10.8. The molecule has 3 nitrogen and oxygen atoms in total. The molecule has 0 spiro atoms. The molecule has 0 aromatic heterocycles. The Bertz CT molecular complexity index is 497. The van der Waals surface area contributed by atoms with Gasteiger partial charge in [-0.3, -0.25) is 4.79 Å². The molecular weight excluding hydrogens is 309 g/mol. The summed E-state index contributed by atoms with van der Waals surface area (Å²) >= 11 is 5.64. The van der Waals surface area contributed by atoms with E-state index in [1.165, 1.54) is 7.11 Å². The molecule has 1 atom stereocenters. The number of benzene rings is 1. The molecule has 0 radical (unpaired) electrons. The summed E-state index contributed by atoms with van der Waals surface area (Å²) in [5, 5.41) is 1.24. The molecule has 0 saturated carbocycles. The Morgan fingerprint density at radius 1 is 1.10 bits per heavy atom. The van der Waals surface area contributed by atoms with E-state index >= 15 is 0 Å². The van der Waals surface area contributed by atoms with Crippen LogP contribution in [0.5, 0.6) is 0 Å². The molecule has 20 heavy (non-hydrogen) atoms. The first-order chi connectivity index (χ1) is 9.31. The minimum atomic E-state index is -2.33. The lowest BCUT2D eigenvalue weighted by atomic mass is 10.1. The van der Waals surface area contributed by atoms with Crippen molar-refractivity contribution in [3.05, 3.63) is 34.6 Å². The highest BCUT2D eigenvalue weighted by atomic mass is 35.5. The average molecular weight is 318 g/mol. The minimum Gasteiger partial charge on any atom is -0.383 e. The van der Waals surface area contributed by atoms with Gasteiger partial charge < -0.3 is 10.1 Å². The van der Waals surface area contributed by atoms with Crippen LogP contribution >= 0.6 is 11.6 Å². The molecule has 1 aromatic carbocycles. The zero-order valence-electron chi connectivity index (χ0n) is 10.1. The van der Waals surface area contributed by atoms with Gasteiger partial charge in [-0.1, -0.05) is 0 Å². The number of carbonyl (C=O) groups excluding carboxylic acids is 1. The molecule has 1 amide bonds. The average Bonchev–Trinajstić information content (AvgIpc) is 2.41. The van der Waals surface area contributed by atoms with Crippen LogP contribution in [-0.4, -0.2) is 31.5 Å². The van der Waals surface area contributed by atoms with Crippen LogP contribution < -0.4 is 5.32 Å². The number of alkyl halides is 1. The number of carbonyl (C=O) groups is 1. The third kappa shape index (κ3) is 3.37. The molecule has 0 fully saturated rings. The van der Waals surface area contributed by atoms with Crippen molar-refractivity contribution in [1.82, 2.24) is 5.32 Å². The molecule has 1 rings (SSSR count). The number of hydrogen-bond acceptors (Lipinski definition) is 2. The molecule has 112 valence electrons. The number of rotatable bonds is 5. The van der Waals surface area contributed by atoms with Crippen molar-refractivity contribution in [2.75, 3.05) is 20.3 Å². The van der Waals surface area contributed by atoms with Crippen LogP contribution in [0.2, 0.25) is 0 Å². The van der Waals surface area contributed by atoms with Gasteiger partial charge in [0.2, 0.25) is 5.82 Å². The van der Waals surface area contributed by atoms with E-state index in [4.69, 9.17) is 11.6 Å². The minimum absolute atomic E-state index is 0.0267. The smallest absolute Gasteiger partial charge is 0.257 e. The summed E-state index contributed by atoms with van der Waals surface area (Å²) in [5.41, 5.74) is -1.55. The molecular formula is C11H9ClF5NO2. The van der Waals surface area contributed by atoms with Gasteiger partial charge in [0.15, 0.2) is 23.3 Å². The van der Waals surface area contributed by atoms with E-state index in [2.05, 4.69) is 4.74 Å². The standard InChI is InChI=1S/C11H9ClF5NO2/c1-20-3-4(12)2-18-11(19)5-6(13)8(15)10(17)9(16)7(5)14/h4H,2-3H2,1H3,(H,18,19). The summed E-state index contributed by atoms with van der Waals surface area (Å²) in [7, 11) is 1.33. The normalized spacial score (nSPS) is 12.3. The summed E-state index contributed by atoms with van der Waals surface area (Å²) in [6.07, 6.45) is 0. The Morgan fingerprint density at radius 2 is 1.55 bits per heavy atom. The van der Waals surface area contributed by atoms with Crippen molar-refractivity contribution < 1.29 is 31.5 Å². The molecule has 1 aromatic rings. The first kappa shape index (κ1) is 16.6. The lowest BCUT2D eigenvalue weighted by Crippen LogP contribution is -2.33. The first-order valence-electron chi connectivity index (χ1n) is 5.23. The maximum absolute atomic E-state index is 13.3. The fourth-order valence-corrected chi connectivity index (χ4v) is 1.54. The molecule has 0 aliphatic rings. The largest absolute Gasteiger partial charge is 0.383 e. The van der Waals surface area contributed by atoms with E-state index in [0.29, 0.717) is 0 Å². The Labute approximate surface area is 115 Å². The van der Waals surface area contributed by atoms with Crippen LogP contribution in [0, 0.1) is 29.1 Å². The van der Waals surface area contributed by atoms with Crippen molar-refractivity contribution in [2.24, 2.45) is 0 Å². The monoisotopic (exact) mass is 317 g/mol. The van der Waals surface area contributed by atoms with Crippen molar-refractivity contribution >= 4 is 17.5 Å². The highest BCUT2D eigenvalue weighted by Gasteiger charge is 2.29. The number of hydrogen-bond donors (Lipinski definition) is 1. The van der Waals surface area contributed by atoms with Gasteiger partial charge in [0, 0.05) is 13.7 Å². The quantitative estimate of drug-likeness (QED) is 0.392. The van der Waals surface area contributed by atoms with Crippen molar-refractivity contribution in [2.45, 2.75) is 5.38 Å². The molecule has 0 heterocycles. The second-order valence-electron chi connectivity index (χ2n) is 3.71. The number of nitrogens with one attached hydrogen (secondary N) is 1. The lowest BCUT2D eigenvalue weighted by Gasteiger charge is -2.11. The van der Waals surface area contributed by atoms with Gasteiger partial charge in [-0.05, 0) is 0 Å². The van der Waals surface area contributed by atoms with E-state index in [0.717, 1.165) is 0 Å². The SMILES string of the molecule is COCC(Cl)CNC(=O)c1c(F)c(F)c(F)c(F)c1F. The fourth-order valence-electron chi connectivity index (χ4n) is 1.34. The molecule has 1 unspecified atom stereocenters. The van der Waals surface area contributed by atoms with E-state index < -0.39 is 45.9 Å². The summed E-state index contributed by atoms with van der Waals surface area (Å²) < 4.78 is 69.8. The van der Waals surface area contributed by atoms with Gasteiger partial charge >= 0.3 is 0 Å². The molecule has 0 aliphatic carbocycles. The number of amides is 1. The van der Waals surface area contributed by atoms with Crippen LogP contribution in [0.3, 0.4) is 0 Å². The third-order valence-electron chi connectivity index (χ3n) is 2.27. The van der Waals surface area contributed by atoms with Crippen LogP contribution in [0.1, 0.15) is 10.4 Å². The van der Waals surface area contributed by atoms with E-state index in [-0.39, 0.29) is 13.2 Å². The second-order valence-corrected chi connectivity index (χ2v) is 4.32. The van der Waals surface area contributed by atoms with Crippen molar-refractivity contribution in [1.29, 1.82) is 0 Å². The summed E-state index contributed by atoms with van der Waals surface area (Å²) in [6, 6.07) is 0. The van der Waals surface area contributed by atoms with Gasteiger partial charge in [-0.25, -0.2) is 22.0 Å². The highest BCUT2D eigenvalue weighted by Crippen LogP contribution is 2.22. The maximum atomic E-state index is 13.3. The van der Waals surface area contributed by atoms with Gasteiger partial charge in [0.1, 0.15) is 5.56 Å². The van der Waals surface area contributed by atoms with Crippen LogP contribution in [0.4, 0.5) is 22.0 Å². The van der Waals surface area contributed by atoms with Crippen LogP contribution in [0.25, 0.3) is 0 Å². The molecule has 0 aliphatic heterocycles. The maximum Gasteiger partial charge on any atom is 0.257 e. The number of halogens is 6. The third-order valence-corrected chi connectivity index (χ3v) is 2.55. The molecule has 0 saturated heterocycles.